The normalized spacial score (nSPS) is 17.9. The molecule has 2 aromatic heterocycles. The summed E-state index contributed by atoms with van der Waals surface area (Å²) in [6, 6.07) is 20.1. The number of pyridine rings is 1. The van der Waals surface area contributed by atoms with Gasteiger partial charge >= 0.3 is 0 Å². The van der Waals surface area contributed by atoms with Crippen LogP contribution in [0.4, 0.5) is 0 Å². The largest absolute Gasteiger partial charge is 0.457 e. The average Bonchev–Trinajstić information content (AvgIpc) is 3.47. The third kappa shape index (κ3) is 4.34. The van der Waals surface area contributed by atoms with Crippen molar-refractivity contribution in [1.29, 1.82) is 0 Å². The number of nitrogens with zero attached hydrogens (tertiary/aromatic N) is 2. The zero-order valence-corrected chi connectivity index (χ0v) is 18.9. The van der Waals surface area contributed by atoms with Gasteiger partial charge in [0.25, 0.3) is 0 Å². The molecule has 2 unspecified atom stereocenters. The van der Waals surface area contributed by atoms with Crippen LogP contribution in [0.1, 0.15) is 22.6 Å². The summed E-state index contributed by atoms with van der Waals surface area (Å²) >= 11 is 0. The van der Waals surface area contributed by atoms with E-state index < -0.39 is 0 Å². The minimum absolute atomic E-state index is 0.0761. The minimum atomic E-state index is -0.0761. The molecule has 6 heteroatoms. The molecule has 2 atom stereocenters. The maximum absolute atomic E-state index is 13.2. The van der Waals surface area contributed by atoms with Crippen LogP contribution in [0.3, 0.4) is 0 Å². The molecule has 5 rings (SSSR count). The van der Waals surface area contributed by atoms with Crippen molar-refractivity contribution < 1.29 is 9.53 Å². The van der Waals surface area contributed by atoms with Gasteiger partial charge in [-0.3, -0.25) is 4.79 Å². The summed E-state index contributed by atoms with van der Waals surface area (Å²) in [7, 11) is 1.89. The second-order valence-electron chi connectivity index (χ2n) is 8.73. The molecular formula is C27H28N4O2. The Balaban J connectivity index is 1.30. The summed E-state index contributed by atoms with van der Waals surface area (Å²) in [5, 5.41) is 4.40. The molecule has 1 saturated heterocycles. The monoisotopic (exact) mass is 440 g/mol. The molecule has 1 amide bonds. The SMILES string of the molecule is Cc1c[nH]c2nccc(Oc3ccc(C4CNCC4C(=O)N(C)Cc4ccccc4)cc3)c12. The first-order valence-electron chi connectivity index (χ1n) is 11.3. The van der Waals surface area contributed by atoms with Crippen LogP contribution < -0.4 is 10.1 Å². The van der Waals surface area contributed by atoms with E-state index in [0.29, 0.717) is 13.1 Å². The fraction of sp³-hybridized carbons (Fsp3) is 0.259. The van der Waals surface area contributed by atoms with Crippen molar-refractivity contribution in [2.24, 2.45) is 5.92 Å². The lowest BCUT2D eigenvalue weighted by Gasteiger charge is -2.25. The van der Waals surface area contributed by atoms with Gasteiger partial charge in [-0.1, -0.05) is 42.5 Å². The maximum atomic E-state index is 13.2. The predicted molar refractivity (Wildman–Crippen MR) is 129 cm³/mol. The number of aromatic nitrogens is 2. The second-order valence-corrected chi connectivity index (χ2v) is 8.73. The van der Waals surface area contributed by atoms with Gasteiger partial charge in [-0.05, 0) is 41.8 Å². The first kappa shape index (κ1) is 21.2. The van der Waals surface area contributed by atoms with Gasteiger partial charge in [0.15, 0.2) is 0 Å². The van der Waals surface area contributed by atoms with E-state index in [1.807, 2.05) is 61.5 Å². The number of hydrogen-bond acceptors (Lipinski definition) is 4. The highest BCUT2D eigenvalue weighted by atomic mass is 16.5. The molecule has 1 fully saturated rings. The van der Waals surface area contributed by atoms with E-state index in [4.69, 9.17) is 4.74 Å². The number of nitrogens with one attached hydrogen (secondary N) is 2. The first-order chi connectivity index (χ1) is 16.1. The molecule has 2 N–H and O–H groups in total. The van der Waals surface area contributed by atoms with Gasteiger partial charge in [0, 0.05) is 45.0 Å². The molecule has 1 aliphatic heterocycles. The summed E-state index contributed by atoms with van der Waals surface area (Å²) in [6.45, 7) is 4.15. The van der Waals surface area contributed by atoms with Crippen LogP contribution in [0.2, 0.25) is 0 Å². The number of benzene rings is 2. The van der Waals surface area contributed by atoms with E-state index in [9.17, 15) is 4.79 Å². The molecule has 3 heterocycles. The average molecular weight is 441 g/mol. The Labute approximate surface area is 193 Å². The maximum Gasteiger partial charge on any atom is 0.227 e. The summed E-state index contributed by atoms with van der Waals surface area (Å²) in [4.78, 5) is 22.6. The minimum Gasteiger partial charge on any atom is -0.457 e. The van der Waals surface area contributed by atoms with Gasteiger partial charge < -0.3 is 19.9 Å². The number of hydrogen-bond donors (Lipinski definition) is 2. The van der Waals surface area contributed by atoms with E-state index in [1.54, 1.807) is 6.20 Å². The Hall–Kier alpha value is -3.64. The van der Waals surface area contributed by atoms with Crippen molar-refractivity contribution in [3.8, 4) is 11.5 Å². The number of rotatable bonds is 6. The van der Waals surface area contributed by atoms with Crippen molar-refractivity contribution in [2.75, 3.05) is 20.1 Å². The van der Waals surface area contributed by atoms with Gasteiger partial charge in [0.1, 0.15) is 17.1 Å². The molecule has 4 aromatic rings. The molecule has 1 aliphatic rings. The van der Waals surface area contributed by atoms with Crippen molar-refractivity contribution >= 4 is 16.9 Å². The van der Waals surface area contributed by atoms with Crippen LogP contribution >= 0.6 is 0 Å². The predicted octanol–water partition coefficient (Wildman–Crippen LogP) is 4.63. The molecule has 0 aliphatic carbocycles. The third-order valence-electron chi connectivity index (χ3n) is 6.44. The summed E-state index contributed by atoms with van der Waals surface area (Å²) in [5.41, 5.74) is 4.21. The number of carbonyl (C=O) groups excluding carboxylic acids is 1. The van der Waals surface area contributed by atoms with E-state index in [0.717, 1.165) is 45.8 Å². The summed E-state index contributed by atoms with van der Waals surface area (Å²) in [6.07, 6.45) is 3.68. The lowest BCUT2D eigenvalue weighted by molar-refractivity contribution is -0.134. The number of aryl methyl sites for hydroxylation is 1. The quantitative estimate of drug-likeness (QED) is 0.459. The smallest absolute Gasteiger partial charge is 0.227 e. The zero-order chi connectivity index (χ0) is 22.8. The zero-order valence-electron chi connectivity index (χ0n) is 18.9. The lowest BCUT2D eigenvalue weighted by Crippen LogP contribution is -2.35. The number of ether oxygens (including phenoxy) is 1. The molecule has 6 nitrogen and oxygen atoms in total. The number of aromatic amines is 1. The van der Waals surface area contributed by atoms with Crippen LogP contribution in [-0.2, 0) is 11.3 Å². The van der Waals surface area contributed by atoms with Gasteiger partial charge in [0.05, 0.1) is 11.3 Å². The number of fused-ring (bicyclic) bond motifs is 1. The molecule has 2 aromatic carbocycles. The molecular weight excluding hydrogens is 412 g/mol. The standard InChI is InChI=1S/C27H28N4O2/c1-18-14-30-26-25(18)24(12-13-29-26)33-21-10-8-20(9-11-21)22-15-28-16-23(22)27(32)31(2)17-19-6-4-3-5-7-19/h3-14,22-23,28H,15-17H2,1-2H3,(H,29,30). The Bertz CT molecular complexity index is 1250. The van der Waals surface area contributed by atoms with Crippen LogP contribution in [0.15, 0.2) is 73.1 Å². The van der Waals surface area contributed by atoms with E-state index >= 15 is 0 Å². The number of carbonyl (C=O) groups is 1. The highest BCUT2D eigenvalue weighted by Gasteiger charge is 2.35. The van der Waals surface area contributed by atoms with Crippen molar-refractivity contribution in [2.45, 2.75) is 19.4 Å². The Morgan fingerprint density at radius 2 is 1.88 bits per heavy atom. The summed E-state index contributed by atoms with van der Waals surface area (Å²) in [5.74, 6) is 1.79. The highest BCUT2D eigenvalue weighted by Crippen LogP contribution is 2.34. The first-order valence-corrected chi connectivity index (χ1v) is 11.3. The fourth-order valence-corrected chi connectivity index (χ4v) is 4.69. The van der Waals surface area contributed by atoms with Gasteiger partial charge in [-0.2, -0.15) is 0 Å². The number of H-pyrrole nitrogens is 1. The number of amides is 1. The van der Waals surface area contributed by atoms with Crippen molar-refractivity contribution in [3.63, 3.8) is 0 Å². The van der Waals surface area contributed by atoms with Gasteiger partial charge in [-0.25, -0.2) is 4.98 Å². The van der Waals surface area contributed by atoms with E-state index in [2.05, 4.69) is 39.6 Å². The second kappa shape index (κ2) is 9.08. The highest BCUT2D eigenvalue weighted by molar-refractivity contribution is 5.86. The van der Waals surface area contributed by atoms with Crippen LogP contribution in [0, 0.1) is 12.8 Å². The molecule has 0 spiro atoms. The summed E-state index contributed by atoms with van der Waals surface area (Å²) < 4.78 is 6.18. The molecule has 0 bridgehead atoms. The molecule has 33 heavy (non-hydrogen) atoms. The van der Waals surface area contributed by atoms with E-state index in [-0.39, 0.29) is 17.7 Å². The third-order valence-corrected chi connectivity index (χ3v) is 6.44. The fourth-order valence-electron chi connectivity index (χ4n) is 4.69. The van der Waals surface area contributed by atoms with Crippen molar-refractivity contribution in [1.82, 2.24) is 20.2 Å². The van der Waals surface area contributed by atoms with Crippen LogP contribution in [0.5, 0.6) is 11.5 Å². The van der Waals surface area contributed by atoms with E-state index in [1.165, 1.54) is 0 Å². The van der Waals surface area contributed by atoms with Crippen LogP contribution in [0.25, 0.3) is 11.0 Å². The Morgan fingerprint density at radius 3 is 2.67 bits per heavy atom. The van der Waals surface area contributed by atoms with Gasteiger partial charge in [0.2, 0.25) is 5.91 Å². The Kier molecular flexibility index (Phi) is 5.84. The molecule has 0 radical (unpaired) electrons. The molecule has 0 saturated carbocycles. The van der Waals surface area contributed by atoms with Gasteiger partial charge in [-0.15, -0.1) is 0 Å². The van der Waals surface area contributed by atoms with Crippen molar-refractivity contribution in [3.05, 3.63) is 89.7 Å². The van der Waals surface area contributed by atoms with Crippen LogP contribution in [-0.4, -0.2) is 40.9 Å². The Morgan fingerprint density at radius 1 is 1.09 bits per heavy atom. The topological polar surface area (TPSA) is 70.2 Å². The lowest BCUT2D eigenvalue weighted by atomic mass is 9.88. The molecule has 168 valence electrons.